The largest absolute Gasteiger partial charge is 0.385 e. The van der Waals surface area contributed by atoms with Crippen LogP contribution >= 0.6 is 23.8 Å². The van der Waals surface area contributed by atoms with Crippen LogP contribution < -0.4 is 10.6 Å². The molecular weight excluding hydrogens is 275 g/mol. The summed E-state index contributed by atoms with van der Waals surface area (Å²) in [5, 5.41) is 6.75. The molecular formula is C12H16ClFN2OS. The number of thiocarbonyl (C=S) groups is 1. The molecule has 1 aromatic carbocycles. The Kier molecular flexibility index (Phi) is 6.93. The van der Waals surface area contributed by atoms with E-state index in [-0.39, 0.29) is 5.02 Å². The Hall–Kier alpha value is -0.910. The molecule has 0 atom stereocenters. The van der Waals surface area contributed by atoms with Gasteiger partial charge in [-0.1, -0.05) is 17.7 Å². The van der Waals surface area contributed by atoms with E-state index < -0.39 is 5.82 Å². The van der Waals surface area contributed by atoms with Crippen LogP contribution in [0.5, 0.6) is 0 Å². The van der Waals surface area contributed by atoms with Gasteiger partial charge in [-0.2, -0.15) is 0 Å². The molecule has 0 aliphatic carbocycles. The monoisotopic (exact) mass is 290 g/mol. The van der Waals surface area contributed by atoms with Gasteiger partial charge in [0, 0.05) is 26.8 Å². The first-order chi connectivity index (χ1) is 8.63. The maximum atomic E-state index is 12.9. The fourth-order valence-corrected chi connectivity index (χ4v) is 1.69. The Labute approximate surface area is 117 Å². The maximum absolute atomic E-state index is 12.9. The van der Waals surface area contributed by atoms with Crippen LogP contribution in [-0.4, -0.2) is 25.4 Å². The number of hydrogen-bond donors (Lipinski definition) is 2. The highest BCUT2D eigenvalue weighted by molar-refractivity contribution is 7.80. The van der Waals surface area contributed by atoms with Gasteiger partial charge < -0.3 is 15.4 Å². The predicted molar refractivity (Wildman–Crippen MR) is 75.3 cm³/mol. The molecule has 100 valence electrons. The summed E-state index contributed by atoms with van der Waals surface area (Å²) < 4.78 is 17.9. The molecule has 3 nitrogen and oxygen atoms in total. The van der Waals surface area contributed by atoms with Gasteiger partial charge in [0.05, 0.1) is 5.02 Å². The van der Waals surface area contributed by atoms with E-state index in [0.29, 0.717) is 18.3 Å². The van der Waals surface area contributed by atoms with Gasteiger partial charge in [-0.05, 0) is 36.3 Å². The van der Waals surface area contributed by atoms with Crippen LogP contribution in [0.4, 0.5) is 4.39 Å². The molecule has 2 N–H and O–H groups in total. The third-order valence-corrected chi connectivity index (χ3v) is 2.83. The summed E-state index contributed by atoms with van der Waals surface area (Å²) in [5.41, 5.74) is 0.877. The van der Waals surface area contributed by atoms with Crippen molar-refractivity contribution in [1.29, 1.82) is 0 Å². The number of ether oxygens (including phenoxy) is 1. The van der Waals surface area contributed by atoms with Crippen molar-refractivity contribution in [2.75, 3.05) is 20.3 Å². The predicted octanol–water partition coefficient (Wildman–Crippen LogP) is 2.48. The normalized spacial score (nSPS) is 10.2. The fraction of sp³-hybridized carbons (Fsp3) is 0.417. The van der Waals surface area contributed by atoms with Crippen molar-refractivity contribution in [1.82, 2.24) is 10.6 Å². The summed E-state index contributed by atoms with van der Waals surface area (Å²) >= 11 is 10.8. The van der Waals surface area contributed by atoms with E-state index in [2.05, 4.69) is 10.6 Å². The van der Waals surface area contributed by atoms with Gasteiger partial charge in [-0.15, -0.1) is 0 Å². The molecule has 18 heavy (non-hydrogen) atoms. The summed E-state index contributed by atoms with van der Waals surface area (Å²) in [7, 11) is 1.66. The molecule has 0 aliphatic rings. The Morgan fingerprint density at radius 3 is 2.89 bits per heavy atom. The summed E-state index contributed by atoms with van der Waals surface area (Å²) in [4.78, 5) is 0. The van der Waals surface area contributed by atoms with Gasteiger partial charge in [0.1, 0.15) is 5.82 Å². The number of benzene rings is 1. The first kappa shape index (κ1) is 15.1. The van der Waals surface area contributed by atoms with Crippen LogP contribution in [0, 0.1) is 5.82 Å². The minimum absolute atomic E-state index is 0.119. The second kappa shape index (κ2) is 8.24. The molecule has 1 aromatic rings. The highest BCUT2D eigenvalue weighted by Crippen LogP contribution is 2.15. The van der Waals surface area contributed by atoms with Crippen LogP contribution in [0.25, 0.3) is 0 Å². The van der Waals surface area contributed by atoms with Gasteiger partial charge in [-0.3, -0.25) is 0 Å². The van der Waals surface area contributed by atoms with Crippen molar-refractivity contribution in [2.24, 2.45) is 0 Å². The van der Waals surface area contributed by atoms with E-state index in [0.717, 1.165) is 18.5 Å². The Morgan fingerprint density at radius 1 is 1.44 bits per heavy atom. The number of halogens is 2. The Morgan fingerprint density at radius 2 is 2.22 bits per heavy atom. The first-order valence-electron chi connectivity index (χ1n) is 5.58. The number of rotatable bonds is 6. The molecule has 6 heteroatoms. The minimum atomic E-state index is -0.416. The Balaban J connectivity index is 2.27. The lowest BCUT2D eigenvalue weighted by molar-refractivity contribution is 0.195. The molecule has 0 aliphatic heterocycles. The van der Waals surface area contributed by atoms with Gasteiger partial charge in [-0.25, -0.2) is 4.39 Å². The van der Waals surface area contributed by atoms with Crippen LogP contribution in [-0.2, 0) is 11.3 Å². The van der Waals surface area contributed by atoms with Crippen molar-refractivity contribution in [2.45, 2.75) is 13.0 Å². The third kappa shape index (κ3) is 5.62. The smallest absolute Gasteiger partial charge is 0.166 e. The number of methoxy groups -OCH3 is 1. The summed E-state index contributed by atoms with van der Waals surface area (Å²) in [6, 6.07) is 4.59. The van der Waals surface area contributed by atoms with Crippen LogP contribution in [0.3, 0.4) is 0 Å². The summed E-state index contributed by atoms with van der Waals surface area (Å²) in [6.45, 7) is 1.96. The minimum Gasteiger partial charge on any atom is -0.385 e. The average molecular weight is 291 g/mol. The van der Waals surface area contributed by atoms with Crippen molar-refractivity contribution >= 4 is 28.9 Å². The van der Waals surface area contributed by atoms with Crippen LogP contribution in [0.1, 0.15) is 12.0 Å². The quantitative estimate of drug-likeness (QED) is 0.623. The van der Waals surface area contributed by atoms with E-state index in [1.165, 1.54) is 6.07 Å². The van der Waals surface area contributed by atoms with E-state index in [9.17, 15) is 4.39 Å². The standard InChI is InChI=1S/C12H16ClFN2OS/c1-17-6-2-5-15-12(18)16-8-9-3-4-11(14)10(13)7-9/h3-4,7H,2,5-6,8H2,1H3,(H2,15,16,18). The molecule has 1 rings (SSSR count). The lowest BCUT2D eigenvalue weighted by Crippen LogP contribution is -2.35. The van der Waals surface area contributed by atoms with Crippen molar-refractivity contribution in [3.63, 3.8) is 0 Å². The molecule has 0 saturated heterocycles. The molecule has 0 bridgehead atoms. The third-order valence-electron chi connectivity index (χ3n) is 2.25. The lowest BCUT2D eigenvalue weighted by Gasteiger charge is -2.10. The molecule has 0 aromatic heterocycles. The number of nitrogens with one attached hydrogen (secondary N) is 2. The number of hydrogen-bond acceptors (Lipinski definition) is 2. The van der Waals surface area contributed by atoms with Crippen molar-refractivity contribution in [3.8, 4) is 0 Å². The van der Waals surface area contributed by atoms with Gasteiger partial charge >= 0.3 is 0 Å². The van der Waals surface area contributed by atoms with Gasteiger partial charge in [0.2, 0.25) is 0 Å². The maximum Gasteiger partial charge on any atom is 0.166 e. The molecule has 0 saturated carbocycles. The SMILES string of the molecule is COCCCNC(=S)NCc1ccc(F)c(Cl)c1. The van der Waals surface area contributed by atoms with Gasteiger partial charge in [0.25, 0.3) is 0 Å². The summed E-state index contributed by atoms with van der Waals surface area (Å²) in [6.07, 6.45) is 0.890. The van der Waals surface area contributed by atoms with E-state index in [4.69, 9.17) is 28.6 Å². The second-order valence-electron chi connectivity index (χ2n) is 3.70. The van der Waals surface area contributed by atoms with Crippen LogP contribution in [0.15, 0.2) is 18.2 Å². The summed E-state index contributed by atoms with van der Waals surface area (Å²) in [5.74, 6) is -0.416. The highest BCUT2D eigenvalue weighted by Gasteiger charge is 2.01. The highest BCUT2D eigenvalue weighted by atomic mass is 35.5. The zero-order valence-corrected chi connectivity index (χ0v) is 11.7. The molecule has 0 spiro atoms. The van der Waals surface area contributed by atoms with E-state index in [1.807, 2.05) is 0 Å². The second-order valence-corrected chi connectivity index (χ2v) is 4.52. The zero-order chi connectivity index (χ0) is 13.4. The van der Waals surface area contributed by atoms with E-state index >= 15 is 0 Å². The molecule has 0 amide bonds. The first-order valence-corrected chi connectivity index (χ1v) is 6.36. The molecule has 0 fully saturated rings. The fourth-order valence-electron chi connectivity index (χ4n) is 1.31. The lowest BCUT2D eigenvalue weighted by atomic mass is 10.2. The zero-order valence-electron chi connectivity index (χ0n) is 10.1. The van der Waals surface area contributed by atoms with Crippen LogP contribution in [0.2, 0.25) is 5.02 Å². The van der Waals surface area contributed by atoms with E-state index in [1.54, 1.807) is 19.2 Å². The Bertz CT molecular complexity index is 404. The molecule has 0 heterocycles. The van der Waals surface area contributed by atoms with Gasteiger partial charge in [0.15, 0.2) is 5.11 Å². The topological polar surface area (TPSA) is 33.3 Å². The average Bonchev–Trinajstić information content (AvgIpc) is 2.36. The van der Waals surface area contributed by atoms with Crippen molar-refractivity contribution in [3.05, 3.63) is 34.6 Å². The molecule has 0 unspecified atom stereocenters. The molecule has 0 radical (unpaired) electrons. The van der Waals surface area contributed by atoms with Crippen molar-refractivity contribution < 1.29 is 9.13 Å².